The van der Waals surface area contributed by atoms with Gasteiger partial charge in [0, 0.05) is 26.4 Å². The fourth-order valence-electron chi connectivity index (χ4n) is 0.470. The second kappa shape index (κ2) is 5.70. The third-order valence-electron chi connectivity index (χ3n) is 0.882. The number of hydrogen-bond donors (Lipinski definition) is 0. The van der Waals surface area contributed by atoms with Gasteiger partial charge in [-0.2, -0.15) is 8.42 Å². The quantitative estimate of drug-likeness (QED) is 0.540. The maximum absolute atomic E-state index is 12.1. The van der Waals surface area contributed by atoms with Gasteiger partial charge in [-0.3, -0.25) is 0 Å². The summed E-state index contributed by atoms with van der Waals surface area (Å²) in [6.45, 7) is 0. The van der Waals surface area contributed by atoms with Gasteiger partial charge >= 0.3 is 8.26 Å². The molecule has 1 aromatic carbocycles. The van der Waals surface area contributed by atoms with Gasteiger partial charge in [0.2, 0.25) is 0 Å². The van der Waals surface area contributed by atoms with E-state index < -0.39 is 19.9 Å². The van der Waals surface area contributed by atoms with Gasteiger partial charge in [0.25, 0.3) is 0 Å². The van der Waals surface area contributed by atoms with Crippen LogP contribution in [0.5, 0.6) is 0 Å². The minimum Gasteiger partial charge on any atom is -0.204 e. The van der Waals surface area contributed by atoms with Crippen LogP contribution in [0.1, 0.15) is 0 Å². The third-order valence-corrected chi connectivity index (χ3v) is 1.12. The Morgan fingerprint density at radius 1 is 1.07 bits per heavy atom. The van der Waals surface area contributed by atoms with E-state index in [1.54, 1.807) is 0 Å². The topological polar surface area (TPSA) is 34.1 Å². The first kappa shape index (κ1) is 13.9. The van der Waals surface area contributed by atoms with E-state index in [0.29, 0.717) is 0 Å². The van der Waals surface area contributed by atoms with Gasteiger partial charge in [-0.25, -0.2) is 8.78 Å². The summed E-state index contributed by atoms with van der Waals surface area (Å²) in [6.07, 6.45) is 0. The first-order chi connectivity index (χ1) is 6.20. The van der Waals surface area contributed by atoms with Crippen molar-refractivity contribution in [3.63, 3.8) is 0 Å². The molecule has 0 heterocycles. The van der Waals surface area contributed by atoms with E-state index in [1.807, 2.05) is 0 Å². The first-order valence-corrected chi connectivity index (χ1v) is 6.46. The van der Waals surface area contributed by atoms with Gasteiger partial charge in [0.15, 0.2) is 11.6 Å². The Balaban J connectivity index is 0.000000292. The third kappa shape index (κ3) is 8.50. The highest BCUT2D eigenvalue weighted by molar-refractivity contribution is 8.31. The molecular weight excluding hydrogens is 280 g/mol. The lowest BCUT2D eigenvalue weighted by Crippen LogP contribution is -1.79. The van der Waals surface area contributed by atoms with Crippen molar-refractivity contribution in [2.75, 3.05) is 0 Å². The predicted molar refractivity (Wildman–Crippen MR) is 52.0 cm³/mol. The van der Waals surface area contributed by atoms with E-state index in [0.717, 1.165) is 12.1 Å². The summed E-state index contributed by atoms with van der Waals surface area (Å²) in [5, 5.41) is 0.203. The van der Waals surface area contributed by atoms with Crippen molar-refractivity contribution in [3.8, 4) is 0 Å². The van der Waals surface area contributed by atoms with Crippen LogP contribution in [0.4, 0.5) is 8.78 Å². The highest BCUT2D eigenvalue weighted by Gasteiger charge is 1.98. The molecule has 0 saturated heterocycles. The molecule has 0 radical (unpaired) electrons. The molecule has 14 heavy (non-hydrogen) atoms. The van der Waals surface area contributed by atoms with Crippen LogP contribution in [0.15, 0.2) is 18.2 Å². The van der Waals surface area contributed by atoms with Crippen molar-refractivity contribution >= 4 is 41.2 Å². The number of benzene rings is 1. The Hall–Kier alpha value is -0.100. The zero-order valence-electron chi connectivity index (χ0n) is 6.35. The van der Waals surface area contributed by atoms with Gasteiger partial charge in [0.1, 0.15) is 0 Å². The molecule has 0 aliphatic carbocycles. The van der Waals surface area contributed by atoms with E-state index in [-0.39, 0.29) is 5.02 Å². The lowest BCUT2D eigenvalue weighted by molar-refractivity contribution is 0.508. The standard InChI is InChI=1S/C6H3ClF2.Cl2O2S/c7-4-1-2-5(8)6(9)3-4;1-5(2,3)4/h1-3H;. The zero-order chi connectivity index (χ0) is 11.4. The van der Waals surface area contributed by atoms with Gasteiger partial charge in [-0.15, -0.1) is 0 Å². The molecule has 0 spiro atoms. The predicted octanol–water partition coefficient (Wildman–Crippen LogP) is 3.33. The molecule has 0 saturated carbocycles. The number of halogens is 5. The highest BCUT2D eigenvalue weighted by Crippen LogP contribution is 2.12. The molecule has 80 valence electrons. The number of hydrogen-bond acceptors (Lipinski definition) is 2. The molecule has 0 bridgehead atoms. The minimum atomic E-state index is -3.72. The Morgan fingerprint density at radius 2 is 1.50 bits per heavy atom. The van der Waals surface area contributed by atoms with Gasteiger partial charge in [0.05, 0.1) is 0 Å². The highest BCUT2D eigenvalue weighted by atomic mass is 36.0. The van der Waals surface area contributed by atoms with E-state index in [2.05, 4.69) is 21.4 Å². The second-order valence-electron chi connectivity index (χ2n) is 1.94. The van der Waals surface area contributed by atoms with Crippen molar-refractivity contribution in [1.82, 2.24) is 0 Å². The Kier molecular flexibility index (Phi) is 5.66. The molecular formula is C6H3Cl3F2O2S. The number of rotatable bonds is 0. The van der Waals surface area contributed by atoms with E-state index in [4.69, 9.17) is 20.0 Å². The molecule has 0 amide bonds. The summed E-state index contributed by atoms with van der Waals surface area (Å²) in [6, 6.07) is 3.20. The van der Waals surface area contributed by atoms with Crippen LogP contribution in [0.2, 0.25) is 5.02 Å². The summed E-state index contributed by atoms with van der Waals surface area (Å²) < 4.78 is 42.5. The second-order valence-corrected chi connectivity index (χ2v) is 6.04. The zero-order valence-corrected chi connectivity index (χ0v) is 9.43. The summed E-state index contributed by atoms with van der Waals surface area (Å²) in [4.78, 5) is 0. The van der Waals surface area contributed by atoms with Crippen molar-refractivity contribution in [1.29, 1.82) is 0 Å². The summed E-state index contributed by atoms with van der Waals surface area (Å²) in [5.74, 6) is -1.79. The maximum atomic E-state index is 12.1. The van der Waals surface area contributed by atoms with Crippen molar-refractivity contribution < 1.29 is 17.2 Å². The molecule has 0 atom stereocenters. The Bertz CT molecular complexity index is 400. The van der Waals surface area contributed by atoms with Crippen LogP contribution in [0.3, 0.4) is 0 Å². The average Bonchev–Trinajstić information content (AvgIpc) is 1.94. The normalized spacial score (nSPS) is 10.4. The van der Waals surface area contributed by atoms with Crippen molar-refractivity contribution in [2.45, 2.75) is 0 Å². The molecule has 0 fully saturated rings. The molecule has 0 unspecified atom stereocenters. The van der Waals surface area contributed by atoms with E-state index in [1.165, 1.54) is 6.07 Å². The van der Waals surface area contributed by atoms with Gasteiger partial charge in [-0.05, 0) is 18.2 Å². The fraction of sp³-hybridized carbons (Fsp3) is 0. The van der Waals surface area contributed by atoms with E-state index in [9.17, 15) is 8.78 Å². The molecule has 0 N–H and O–H groups in total. The monoisotopic (exact) mass is 282 g/mol. The smallest absolute Gasteiger partial charge is 0.204 e. The van der Waals surface area contributed by atoms with Crippen LogP contribution in [0, 0.1) is 11.6 Å². The van der Waals surface area contributed by atoms with Crippen molar-refractivity contribution in [3.05, 3.63) is 34.9 Å². The molecule has 1 rings (SSSR count). The largest absolute Gasteiger partial charge is 0.317 e. The summed E-state index contributed by atoms with van der Waals surface area (Å²) in [5.41, 5.74) is 0. The minimum absolute atomic E-state index is 0.203. The molecule has 2 nitrogen and oxygen atoms in total. The van der Waals surface area contributed by atoms with Crippen LogP contribution in [0.25, 0.3) is 0 Å². The van der Waals surface area contributed by atoms with Crippen LogP contribution < -0.4 is 0 Å². The van der Waals surface area contributed by atoms with Gasteiger partial charge in [-0.1, -0.05) is 11.6 Å². The molecule has 8 heteroatoms. The summed E-state index contributed by atoms with van der Waals surface area (Å²) in [7, 11) is 4.81. The molecule has 0 aliphatic rings. The average molecular weight is 284 g/mol. The lowest BCUT2D eigenvalue weighted by atomic mass is 10.3. The Labute approximate surface area is 93.3 Å². The maximum Gasteiger partial charge on any atom is 0.317 e. The Morgan fingerprint density at radius 3 is 1.79 bits per heavy atom. The van der Waals surface area contributed by atoms with Crippen LogP contribution >= 0.6 is 33.0 Å². The lowest BCUT2D eigenvalue weighted by Gasteiger charge is -1.90. The van der Waals surface area contributed by atoms with E-state index >= 15 is 0 Å². The summed E-state index contributed by atoms with van der Waals surface area (Å²) >= 11 is 5.31. The SMILES string of the molecule is Fc1ccc(Cl)cc1F.O=S(=O)(Cl)Cl. The molecule has 0 aliphatic heterocycles. The first-order valence-electron chi connectivity index (χ1n) is 2.95. The molecule has 0 aromatic heterocycles. The molecule has 1 aromatic rings. The van der Waals surface area contributed by atoms with Crippen LogP contribution in [-0.2, 0) is 8.26 Å². The van der Waals surface area contributed by atoms with Crippen LogP contribution in [-0.4, -0.2) is 8.42 Å². The van der Waals surface area contributed by atoms with Gasteiger partial charge < -0.3 is 0 Å². The van der Waals surface area contributed by atoms with Crippen molar-refractivity contribution in [2.24, 2.45) is 0 Å². The fourth-order valence-corrected chi connectivity index (χ4v) is 0.629.